The minimum atomic E-state index is -0.701. The molecule has 104 valence electrons. The zero-order chi connectivity index (χ0) is 14.3. The Labute approximate surface area is 123 Å². The van der Waals surface area contributed by atoms with Gasteiger partial charge in [0.15, 0.2) is 0 Å². The van der Waals surface area contributed by atoms with Gasteiger partial charge in [-0.2, -0.15) is 0 Å². The maximum absolute atomic E-state index is 11.6. The highest BCUT2D eigenvalue weighted by Crippen LogP contribution is 2.56. The second kappa shape index (κ2) is 5.02. The predicted molar refractivity (Wildman–Crippen MR) is 79.9 cm³/mol. The van der Waals surface area contributed by atoms with E-state index in [2.05, 4.69) is 20.8 Å². The van der Waals surface area contributed by atoms with Crippen molar-refractivity contribution in [3.63, 3.8) is 0 Å². The van der Waals surface area contributed by atoms with Crippen LogP contribution in [0.1, 0.15) is 33.6 Å². The van der Waals surface area contributed by atoms with Crippen LogP contribution in [0.5, 0.6) is 0 Å². The van der Waals surface area contributed by atoms with Crippen molar-refractivity contribution in [2.24, 2.45) is 11.3 Å². The summed E-state index contributed by atoms with van der Waals surface area (Å²) in [7, 11) is 0. The molecule has 1 aromatic rings. The molecule has 4 heteroatoms. The van der Waals surface area contributed by atoms with Gasteiger partial charge in [-0.05, 0) is 48.4 Å². The van der Waals surface area contributed by atoms with Crippen molar-refractivity contribution >= 4 is 29.3 Å². The van der Waals surface area contributed by atoms with E-state index in [-0.39, 0.29) is 5.41 Å². The number of hydrogen-bond acceptors (Lipinski definition) is 2. The minimum Gasteiger partial charge on any atom is -0.480 e. The molecule has 0 aliphatic heterocycles. The molecule has 0 saturated heterocycles. The van der Waals surface area contributed by atoms with Gasteiger partial charge in [-0.15, -0.1) is 11.8 Å². The zero-order valence-electron chi connectivity index (χ0n) is 11.4. The van der Waals surface area contributed by atoms with Gasteiger partial charge in [-0.1, -0.05) is 32.4 Å². The highest BCUT2D eigenvalue weighted by molar-refractivity contribution is 8.01. The van der Waals surface area contributed by atoms with Crippen molar-refractivity contribution in [1.29, 1.82) is 0 Å². The topological polar surface area (TPSA) is 37.3 Å². The van der Waals surface area contributed by atoms with Gasteiger partial charge in [0.1, 0.15) is 4.75 Å². The molecular formula is C15H19ClO2S. The number of benzene rings is 1. The molecule has 0 atom stereocenters. The van der Waals surface area contributed by atoms with Crippen LogP contribution < -0.4 is 0 Å². The summed E-state index contributed by atoms with van der Waals surface area (Å²) in [6.45, 7) is 6.53. The fourth-order valence-corrected chi connectivity index (χ4v) is 3.88. The number of carboxylic acids is 1. The minimum absolute atomic E-state index is 0.180. The molecule has 0 bridgehead atoms. The monoisotopic (exact) mass is 298 g/mol. The summed E-state index contributed by atoms with van der Waals surface area (Å²) in [4.78, 5) is 12.6. The van der Waals surface area contributed by atoms with Crippen LogP contribution in [0.25, 0.3) is 0 Å². The lowest BCUT2D eigenvalue weighted by molar-refractivity contribution is -0.145. The summed E-state index contributed by atoms with van der Waals surface area (Å²) in [5.74, 6) is -0.226. The van der Waals surface area contributed by atoms with Gasteiger partial charge in [0, 0.05) is 9.92 Å². The molecule has 0 aromatic heterocycles. The Morgan fingerprint density at radius 1 is 1.32 bits per heavy atom. The summed E-state index contributed by atoms with van der Waals surface area (Å²) in [5, 5.41) is 10.2. The van der Waals surface area contributed by atoms with Crippen molar-refractivity contribution in [2.75, 3.05) is 0 Å². The molecule has 1 aliphatic carbocycles. The number of halogens is 1. The molecule has 2 nitrogen and oxygen atoms in total. The van der Waals surface area contributed by atoms with Crippen LogP contribution in [0.15, 0.2) is 29.2 Å². The van der Waals surface area contributed by atoms with Crippen LogP contribution in [0.3, 0.4) is 0 Å². The van der Waals surface area contributed by atoms with Gasteiger partial charge in [-0.25, -0.2) is 0 Å². The highest BCUT2D eigenvalue weighted by atomic mass is 35.5. The average Bonchev–Trinajstić information content (AvgIpc) is 2.23. The molecule has 0 spiro atoms. The first kappa shape index (κ1) is 14.7. The molecule has 0 amide bonds. The highest BCUT2D eigenvalue weighted by Gasteiger charge is 2.54. The van der Waals surface area contributed by atoms with E-state index < -0.39 is 10.7 Å². The van der Waals surface area contributed by atoms with Crippen LogP contribution in [0.2, 0.25) is 5.02 Å². The summed E-state index contributed by atoms with van der Waals surface area (Å²) in [5.41, 5.74) is 0.180. The lowest BCUT2D eigenvalue weighted by atomic mass is 9.62. The third-order valence-electron chi connectivity index (χ3n) is 3.89. The SMILES string of the molecule is CC(C)(C)C1CC(Sc2ccc(Cl)cc2)(C(=O)O)C1. The fraction of sp³-hybridized carbons (Fsp3) is 0.533. The molecular weight excluding hydrogens is 280 g/mol. The summed E-state index contributed by atoms with van der Waals surface area (Å²) >= 11 is 7.31. The third kappa shape index (κ3) is 3.09. The Bertz CT molecular complexity index is 470. The van der Waals surface area contributed by atoms with Gasteiger partial charge in [0.25, 0.3) is 0 Å². The van der Waals surface area contributed by atoms with Gasteiger partial charge in [-0.3, -0.25) is 4.79 Å². The van der Waals surface area contributed by atoms with Crippen LogP contribution in [-0.2, 0) is 4.79 Å². The summed E-state index contributed by atoms with van der Waals surface area (Å²) in [6.07, 6.45) is 1.47. The Hall–Kier alpha value is -0.670. The number of carboxylic acid groups (broad SMARTS) is 1. The van der Waals surface area contributed by atoms with Crippen molar-refractivity contribution in [3.8, 4) is 0 Å². The van der Waals surface area contributed by atoms with Crippen molar-refractivity contribution in [1.82, 2.24) is 0 Å². The maximum atomic E-state index is 11.6. The largest absolute Gasteiger partial charge is 0.480 e. The van der Waals surface area contributed by atoms with Crippen LogP contribution in [-0.4, -0.2) is 15.8 Å². The van der Waals surface area contributed by atoms with Gasteiger partial charge in [0.2, 0.25) is 0 Å². The quantitative estimate of drug-likeness (QED) is 0.878. The molecule has 0 heterocycles. The Morgan fingerprint density at radius 3 is 2.26 bits per heavy atom. The van der Waals surface area contributed by atoms with Gasteiger partial charge in [0.05, 0.1) is 0 Å². The van der Waals surface area contributed by atoms with Crippen molar-refractivity contribution in [3.05, 3.63) is 29.3 Å². The summed E-state index contributed by atoms with van der Waals surface area (Å²) in [6, 6.07) is 7.39. The number of rotatable bonds is 3. The Balaban J connectivity index is 2.11. The number of aliphatic carboxylic acids is 1. The first-order valence-electron chi connectivity index (χ1n) is 6.41. The van der Waals surface area contributed by atoms with Gasteiger partial charge < -0.3 is 5.11 Å². The van der Waals surface area contributed by atoms with Crippen molar-refractivity contribution in [2.45, 2.75) is 43.3 Å². The second-order valence-electron chi connectivity index (χ2n) is 6.33. The van der Waals surface area contributed by atoms with E-state index in [1.807, 2.05) is 12.1 Å². The van der Waals surface area contributed by atoms with E-state index in [0.717, 1.165) is 17.7 Å². The molecule has 19 heavy (non-hydrogen) atoms. The number of hydrogen-bond donors (Lipinski definition) is 1. The zero-order valence-corrected chi connectivity index (χ0v) is 13.0. The van der Waals surface area contributed by atoms with E-state index in [0.29, 0.717) is 10.9 Å². The van der Waals surface area contributed by atoms with Crippen LogP contribution in [0, 0.1) is 11.3 Å². The average molecular weight is 299 g/mol. The lowest BCUT2D eigenvalue weighted by Crippen LogP contribution is -2.51. The van der Waals surface area contributed by atoms with Crippen LogP contribution in [0.4, 0.5) is 0 Å². The second-order valence-corrected chi connectivity index (χ2v) is 8.22. The standard InChI is InChI=1S/C15H19ClO2S/c1-14(2,3)10-8-15(9-10,13(17)18)19-12-6-4-11(16)5-7-12/h4-7,10H,8-9H2,1-3H3,(H,17,18). The molecule has 1 aromatic carbocycles. The van der Waals surface area contributed by atoms with E-state index in [1.54, 1.807) is 12.1 Å². The van der Waals surface area contributed by atoms with Crippen LogP contribution >= 0.6 is 23.4 Å². The molecule has 0 unspecified atom stereocenters. The first-order chi connectivity index (χ1) is 8.73. The fourth-order valence-electron chi connectivity index (χ4n) is 2.38. The normalized spacial score (nSPS) is 26.8. The molecule has 2 rings (SSSR count). The number of carbonyl (C=O) groups is 1. The smallest absolute Gasteiger partial charge is 0.320 e. The number of thioether (sulfide) groups is 1. The molecule has 1 saturated carbocycles. The molecule has 1 aliphatic rings. The first-order valence-corrected chi connectivity index (χ1v) is 7.60. The van der Waals surface area contributed by atoms with E-state index in [1.165, 1.54) is 11.8 Å². The molecule has 1 fully saturated rings. The van der Waals surface area contributed by atoms with E-state index in [9.17, 15) is 9.90 Å². The third-order valence-corrected chi connectivity index (χ3v) is 5.55. The lowest BCUT2D eigenvalue weighted by Gasteiger charge is -2.49. The van der Waals surface area contributed by atoms with E-state index in [4.69, 9.17) is 11.6 Å². The Morgan fingerprint density at radius 2 is 1.84 bits per heavy atom. The molecule has 1 N–H and O–H groups in total. The molecule has 0 radical (unpaired) electrons. The maximum Gasteiger partial charge on any atom is 0.320 e. The van der Waals surface area contributed by atoms with Crippen molar-refractivity contribution < 1.29 is 9.90 Å². The Kier molecular flexibility index (Phi) is 3.90. The predicted octanol–water partition coefficient (Wildman–Crippen LogP) is 4.71. The van der Waals surface area contributed by atoms with E-state index >= 15 is 0 Å². The van der Waals surface area contributed by atoms with Gasteiger partial charge >= 0.3 is 5.97 Å². The summed E-state index contributed by atoms with van der Waals surface area (Å²) < 4.78 is -0.661.